The minimum atomic E-state index is -0.617. The highest BCUT2D eigenvalue weighted by molar-refractivity contribution is 6.26. The maximum Gasteiger partial charge on any atom is 0.269 e. The Morgan fingerprint density at radius 3 is 2.22 bits per heavy atom. The van der Waals surface area contributed by atoms with Gasteiger partial charge in [-0.3, -0.25) is 14.9 Å². The zero-order chi connectivity index (χ0) is 22.9. The van der Waals surface area contributed by atoms with E-state index in [2.05, 4.69) is 6.07 Å². The average molecular weight is 430 g/mol. The van der Waals surface area contributed by atoms with Crippen LogP contribution in [0.4, 0.5) is 5.69 Å². The molecule has 2 aromatic rings. The average Bonchev–Trinajstić information content (AvgIpc) is 3.38. The molecule has 7 nitrogen and oxygen atoms in total. The highest BCUT2D eigenvalue weighted by atomic mass is 16.6. The highest BCUT2D eigenvalue weighted by Gasteiger charge is 2.66. The Hall–Kier alpha value is -3.50. The predicted octanol–water partition coefficient (Wildman–Crippen LogP) is 4.31. The third-order valence-electron chi connectivity index (χ3n) is 7.19. The second-order valence-electron chi connectivity index (χ2n) is 9.04. The van der Waals surface area contributed by atoms with E-state index in [0.717, 1.165) is 27.8 Å². The van der Waals surface area contributed by atoms with Crippen LogP contribution in [-0.2, 0) is 9.53 Å². The van der Waals surface area contributed by atoms with Crippen molar-refractivity contribution in [3.05, 3.63) is 80.1 Å². The van der Waals surface area contributed by atoms with Gasteiger partial charge in [0.15, 0.2) is 5.78 Å². The molecule has 5 rings (SSSR count). The molecule has 1 N–H and O–H groups in total. The van der Waals surface area contributed by atoms with Gasteiger partial charge in [0, 0.05) is 18.1 Å². The lowest BCUT2D eigenvalue weighted by Gasteiger charge is -2.31. The topological polar surface area (TPSA) is 113 Å². The lowest BCUT2D eigenvalue weighted by molar-refractivity contribution is -0.384. The quantitative estimate of drug-likeness (QED) is 0.573. The molecular formula is C25H22N2O5. The first-order chi connectivity index (χ1) is 15.2. The number of nitro groups is 1. The number of benzene rings is 2. The van der Waals surface area contributed by atoms with Crippen molar-refractivity contribution in [1.29, 1.82) is 5.26 Å². The number of aryl methyl sites for hydroxylation is 3. The number of Topliss-reactive ketones (excluding diaryl/α,β-unsaturated/α-hetero) is 1. The van der Waals surface area contributed by atoms with E-state index in [-0.39, 0.29) is 23.1 Å². The fraction of sp³-hybridized carbons (Fsp3) is 0.360. The molecular weight excluding hydrogens is 408 g/mol. The normalized spacial score (nSPS) is 30.5. The summed E-state index contributed by atoms with van der Waals surface area (Å²) < 4.78 is 6.12. The third kappa shape index (κ3) is 2.66. The van der Waals surface area contributed by atoms with Crippen LogP contribution < -0.4 is 0 Å². The van der Waals surface area contributed by atoms with Crippen LogP contribution in [0.25, 0.3) is 5.57 Å². The van der Waals surface area contributed by atoms with Crippen molar-refractivity contribution in [1.82, 2.24) is 0 Å². The lowest BCUT2D eigenvalue weighted by Crippen LogP contribution is -2.39. The summed E-state index contributed by atoms with van der Waals surface area (Å²) in [6.07, 6.45) is -1.16. The van der Waals surface area contributed by atoms with Gasteiger partial charge in [-0.1, -0.05) is 29.8 Å². The van der Waals surface area contributed by atoms with Crippen LogP contribution in [-0.4, -0.2) is 28.0 Å². The maximum atomic E-state index is 13.5. The first-order valence-corrected chi connectivity index (χ1v) is 10.6. The van der Waals surface area contributed by atoms with E-state index in [1.54, 1.807) is 12.1 Å². The molecule has 1 unspecified atom stereocenters. The van der Waals surface area contributed by atoms with Crippen LogP contribution >= 0.6 is 0 Å². The summed E-state index contributed by atoms with van der Waals surface area (Å²) in [6, 6.07) is 12.4. The molecule has 2 aromatic carbocycles. The number of hydrogen-bond donors (Lipinski definition) is 1. The van der Waals surface area contributed by atoms with E-state index in [1.165, 1.54) is 12.1 Å². The van der Waals surface area contributed by atoms with Gasteiger partial charge in [-0.25, -0.2) is 0 Å². The lowest BCUT2D eigenvalue weighted by atomic mass is 9.67. The number of ether oxygens (including phenoxy) is 1. The largest absolute Gasteiger partial charge is 0.511 e. The van der Waals surface area contributed by atoms with Crippen molar-refractivity contribution in [2.24, 2.45) is 17.8 Å². The second-order valence-corrected chi connectivity index (χ2v) is 9.04. The van der Waals surface area contributed by atoms with Crippen molar-refractivity contribution in [2.45, 2.75) is 38.9 Å². The van der Waals surface area contributed by atoms with Gasteiger partial charge in [-0.05, 0) is 43.0 Å². The van der Waals surface area contributed by atoms with Crippen molar-refractivity contribution >= 4 is 17.0 Å². The second kappa shape index (κ2) is 7.01. The number of hydrogen-bond acceptors (Lipinski definition) is 6. The van der Waals surface area contributed by atoms with Gasteiger partial charge < -0.3 is 9.84 Å². The van der Waals surface area contributed by atoms with Crippen LogP contribution in [0.3, 0.4) is 0 Å². The predicted molar refractivity (Wildman–Crippen MR) is 116 cm³/mol. The number of fused-ring (bicyclic) bond motifs is 5. The first-order valence-electron chi connectivity index (χ1n) is 10.6. The number of nitro benzene ring substituents is 1. The fourth-order valence-corrected chi connectivity index (χ4v) is 6.08. The number of allylic oxidation sites excluding steroid dienone is 1. The van der Waals surface area contributed by atoms with E-state index >= 15 is 0 Å². The molecule has 32 heavy (non-hydrogen) atoms. The Kier molecular flexibility index (Phi) is 4.47. The van der Waals surface area contributed by atoms with E-state index in [4.69, 9.17) is 4.74 Å². The zero-order valence-electron chi connectivity index (χ0n) is 17.9. The molecule has 2 bridgehead atoms. The molecule has 2 saturated heterocycles. The van der Waals surface area contributed by atoms with Gasteiger partial charge in [0.05, 0.1) is 46.5 Å². The minimum Gasteiger partial charge on any atom is -0.511 e. The number of ketones is 1. The van der Waals surface area contributed by atoms with Gasteiger partial charge in [-0.2, -0.15) is 5.26 Å². The number of nitriles is 1. The van der Waals surface area contributed by atoms with Crippen molar-refractivity contribution < 1.29 is 19.6 Å². The Morgan fingerprint density at radius 1 is 1.03 bits per heavy atom. The number of aliphatic hydroxyl groups excluding tert-OH is 1. The number of rotatable bonds is 3. The maximum absolute atomic E-state index is 13.5. The van der Waals surface area contributed by atoms with Crippen LogP contribution in [0, 0.1) is 60.0 Å². The molecule has 162 valence electrons. The molecule has 2 aliphatic heterocycles. The van der Waals surface area contributed by atoms with E-state index < -0.39 is 34.9 Å². The summed E-state index contributed by atoms with van der Waals surface area (Å²) in [5.74, 6) is -2.19. The summed E-state index contributed by atoms with van der Waals surface area (Å²) in [4.78, 5) is 24.1. The first kappa shape index (κ1) is 20.4. The molecule has 0 radical (unpaired) electrons. The van der Waals surface area contributed by atoms with Crippen LogP contribution in [0.15, 0.2) is 42.2 Å². The van der Waals surface area contributed by atoms with Gasteiger partial charge in [-0.15, -0.1) is 0 Å². The molecule has 1 aliphatic carbocycles. The summed E-state index contributed by atoms with van der Waals surface area (Å²) >= 11 is 0. The number of aliphatic hydroxyl groups is 1. The SMILES string of the molecule is Cc1cc(C)c(C2=C(O)[C@@H]3[C@@H]4O[C@@H](C(C#N)[C@H]4c4ccc([N+](=O)[O-])cc4)[C@@H]3C2=O)c(C)c1. The number of nitrogens with zero attached hydrogens (tertiary/aromatic N) is 2. The van der Waals surface area contributed by atoms with Gasteiger partial charge in [0.2, 0.25) is 0 Å². The molecule has 3 aliphatic rings. The van der Waals surface area contributed by atoms with E-state index in [1.807, 2.05) is 32.9 Å². The summed E-state index contributed by atoms with van der Waals surface area (Å²) in [5, 5.41) is 32.2. The number of carbonyl (C=O) groups is 1. The molecule has 0 saturated carbocycles. The Bertz CT molecular complexity index is 1220. The van der Waals surface area contributed by atoms with Gasteiger partial charge >= 0.3 is 0 Å². The molecule has 6 atom stereocenters. The molecule has 0 amide bonds. The third-order valence-corrected chi connectivity index (χ3v) is 7.19. The standard InChI is InChI=1S/C25H22N2O5/c1-11-8-12(2)17(13(3)9-11)19-22(28)20-21(23(19)29)25-18(16(10-26)24(20)32-25)14-4-6-15(7-5-14)27(30)31/h4-9,16,18,20-21,24-25,29H,1-3H3/t16?,18-,20+,21-,24+,25-/m1/s1. The van der Waals surface area contributed by atoms with E-state index in [0.29, 0.717) is 5.57 Å². The van der Waals surface area contributed by atoms with Crippen molar-refractivity contribution in [3.63, 3.8) is 0 Å². The fourth-order valence-electron chi connectivity index (χ4n) is 6.08. The summed E-state index contributed by atoms with van der Waals surface area (Å²) in [7, 11) is 0. The monoisotopic (exact) mass is 430 g/mol. The number of non-ortho nitro benzene ring substituents is 1. The van der Waals surface area contributed by atoms with Gasteiger partial charge in [0.25, 0.3) is 5.69 Å². The van der Waals surface area contributed by atoms with Crippen LogP contribution in [0.5, 0.6) is 0 Å². The molecule has 2 heterocycles. The van der Waals surface area contributed by atoms with Gasteiger partial charge in [0.1, 0.15) is 5.76 Å². The van der Waals surface area contributed by atoms with Crippen molar-refractivity contribution in [3.8, 4) is 6.07 Å². The van der Waals surface area contributed by atoms with Crippen LogP contribution in [0.1, 0.15) is 33.7 Å². The van der Waals surface area contributed by atoms with Crippen molar-refractivity contribution in [2.75, 3.05) is 0 Å². The molecule has 7 heteroatoms. The smallest absolute Gasteiger partial charge is 0.269 e. The number of carbonyl (C=O) groups excluding carboxylic acids is 1. The minimum absolute atomic E-state index is 0.0318. The summed E-state index contributed by atoms with van der Waals surface area (Å²) in [6.45, 7) is 5.85. The van der Waals surface area contributed by atoms with E-state index in [9.17, 15) is 25.3 Å². The summed E-state index contributed by atoms with van der Waals surface area (Å²) in [5.41, 5.74) is 4.74. The Balaban J connectivity index is 1.59. The Morgan fingerprint density at radius 2 is 1.66 bits per heavy atom. The van der Waals surface area contributed by atoms with Crippen LogP contribution in [0.2, 0.25) is 0 Å². The zero-order valence-corrected chi connectivity index (χ0v) is 17.9. The molecule has 2 fully saturated rings. The highest BCUT2D eigenvalue weighted by Crippen LogP contribution is 2.60. The molecule has 0 aromatic heterocycles. The molecule has 0 spiro atoms. The Labute approximate surface area is 185 Å².